The van der Waals surface area contributed by atoms with Crippen LogP contribution in [0.1, 0.15) is 31.9 Å². The minimum absolute atomic E-state index is 0.250. The Bertz CT molecular complexity index is 736. The Balaban J connectivity index is 2.10. The van der Waals surface area contributed by atoms with Crippen molar-refractivity contribution in [2.75, 3.05) is 51.7 Å². The average Bonchev–Trinajstić information content (AvgIpc) is 2.56. The number of rotatable bonds is 2. The van der Waals surface area contributed by atoms with E-state index in [4.69, 9.17) is 16.3 Å². The Labute approximate surface area is 168 Å². The summed E-state index contributed by atoms with van der Waals surface area (Å²) in [6.07, 6.45) is -0.250. The second-order valence-electron chi connectivity index (χ2n) is 8.09. The molecule has 0 aliphatic carbocycles. The molecule has 1 aromatic rings. The topological polar surface area (TPSA) is 36.0 Å². The lowest BCUT2D eigenvalue weighted by molar-refractivity contribution is 0.0240. The second kappa shape index (κ2) is 8.86. The van der Waals surface area contributed by atoms with Crippen LogP contribution >= 0.6 is 11.6 Å². The van der Waals surface area contributed by atoms with Crippen LogP contribution in [0.15, 0.2) is 12.1 Å². The summed E-state index contributed by atoms with van der Waals surface area (Å²) in [5, 5.41) is 0.680. The van der Waals surface area contributed by atoms with Crippen molar-refractivity contribution < 1.29 is 9.53 Å². The molecule has 1 aliphatic heterocycles. The van der Waals surface area contributed by atoms with Gasteiger partial charge in [0.1, 0.15) is 5.60 Å². The normalized spacial score (nSPS) is 14.8. The molecule has 1 amide bonds. The van der Waals surface area contributed by atoms with Gasteiger partial charge in [-0.25, -0.2) is 4.79 Å². The van der Waals surface area contributed by atoms with Crippen LogP contribution in [0.2, 0.25) is 5.02 Å². The summed E-state index contributed by atoms with van der Waals surface area (Å²) in [6, 6.07) is 3.90. The van der Waals surface area contributed by atoms with E-state index in [9.17, 15) is 4.79 Å². The molecule has 0 N–H and O–H groups in total. The number of nitrogens with zero attached hydrogens (tertiary/aromatic N) is 3. The molecule has 0 saturated carbocycles. The molecule has 0 atom stereocenters. The summed E-state index contributed by atoms with van der Waals surface area (Å²) in [4.78, 5) is 18.3. The first-order valence-electron chi connectivity index (χ1n) is 9.23. The van der Waals surface area contributed by atoms with Gasteiger partial charge in [-0.2, -0.15) is 0 Å². The van der Waals surface area contributed by atoms with Crippen LogP contribution in [0.4, 0.5) is 10.5 Å². The number of halogens is 1. The zero-order valence-electron chi connectivity index (χ0n) is 17.2. The number of amides is 1. The van der Waals surface area contributed by atoms with Crippen molar-refractivity contribution in [1.82, 2.24) is 9.80 Å². The summed E-state index contributed by atoms with van der Waals surface area (Å²) in [5.41, 5.74) is 2.68. The number of hydrogen-bond acceptors (Lipinski definition) is 4. The van der Waals surface area contributed by atoms with Gasteiger partial charge in [0, 0.05) is 42.5 Å². The van der Waals surface area contributed by atoms with E-state index in [-0.39, 0.29) is 6.09 Å². The smallest absolute Gasteiger partial charge is 0.410 e. The third-order valence-corrected chi connectivity index (χ3v) is 4.45. The first-order valence-corrected chi connectivity index (χ1v) is 9.61. The van der Waals surface area contributed by atoms with Crippen molar-refractivity contribution >= 4 is 23.4 Å². The third kappa shape index (κ3) is 6.34. The highest BCUT2D eigenvalue weighted by Crippen LogP contribution is 2.28. The highest BCUT2D eigenvalue weighted by molar-refractivity contribution is 6.31. The number of ether oxygens (including phenoxy) is 1. The van der Waals surface area contributed by atoms with Crippen molar-refractivity contribution in [2.24, 2.45) is 0 Å². The van der Waals surface area contributed by atoms with Gasteiger partial charge in [0.2, 0.25) is 0 Å². The second-order valence-corrected chi connectivity index (χ2v) is 8.53. The molecule has 0 spiro atoms. The Morgan fingerprint density at radius 1 is 1.22 bits per heavy atom. The summed E-state index contributed by atoms with van der Waals surface area (Å²) < 4.78 is 5.47. The molecule has 27 heavy (non-hydrogen) atoms. The molecule has 2 rings (SSSR count). The van der Waals surface area contributed by atoms with Gasteiger partial charge in [-0.15, -0.1) is 0 Å². The number of carbonyl (C=O) groups excluding carboxylic acids is 1. The molecule has 0 radical (unpaired) electrons. The van der Waals surface area contributed by atoms with Crippen LogP contribution in [-0.4, -0.2) is 68.3 Å². The predicted octanol–water partition coefficient (Wildman–Crippen LogP) is 3.62. The van der Waals surface area contributed by atoms with Crippen molar-refractivity contribution in [3.63, 3.8) is 0 Å². The van der Waals surface area contributed by atoms with E-state index in [1.54, 1.807) is 4.90 Å². The van der Waals surface area contributed by atoms with Crippen molar-refractivity contribution in [1.29, 1.82) is 0 Å². The van der Waals surface area contributed by atoms with Crippen molar-refractivity contribution in [3.8, 4) is 11.8 Å². The van der Waals surface area contributed by atoms with E-state index in [2.05, 4.69) is 23.7 Å². The maximum atomic E-state index is 12.2. The van der Waals surface area contributed by atoms with Gasteiger partial charge in [-0.1, -0.05) is 23.4 Å². The minimum Gasteiger partial charge on any atom is -0.444 e. The van der Waals surface area contributed by atoms with Gasteiger partial charge < -0.3 is 14.5 Å². The number of piperazine rings is 1. The minimum atomic E-state index is -0.474. The van der Waals surface area contributed by atoms with Gasteiger partial charge in [0.25, 0.3) is 0 Å². The molecule has 1 aromatic carbocycles. The van der Waals surface area contributed by atoms with Crippen LogP contribution in [0.5, 0.6) is 0 Å². The largest absolute Gasteiger partial charge is 0.444 e. The zero-order valence-corrected chi connectivity index (χ0v) is 18.0. The maximum Gasteiger partial charge on any atom is 0.410 e. The summed E-state index contributed by atoms with van der Waals surface area (Å²) >= 11 is 6.35. The van der Waals surface area contributed by atoms with Crippen LogP contribution in [0.3, 0.4) is 0 Å². The lowest BCUT2D eigenvalue weighted by Gasteiger charge is -2.37. The zero-order chi connectivity index (χ0) is 20.2. The number of benzene rings is 1. The first kappa shape index (κ1) is 21.4. The van der Waals surface area contributed by atoms with Gasteiger partial charge >= 0.3 is 6.09 Å². The van der Waals surface area contributed by atoms with E-state index in [1.165, 1.54) is 0 Å². The molecule has 0 aromatic heterocycles. The van der Waals surface area contributed by atoms with Gasteiger partial charge in [0.05, 0.1) is 6.54 Å². The van der Waals surface area contributed by atoms with Crippen LogP contribution in [0.25, 0.3) is 0 Å². The highest BCUT2D eigenvalue weighted by Gasteiger charge is 2.26. The molecular formula is C21H30ClN3O2. The fourth-order valence-corrected chi connectivity index (χ4v) is 3.08. The number of anilines is 1. The van der Waals surface area contributed by atoms with Crippen LogP contribution < -0.4 is 4.90 Å². The van der Waals surface area contributed by atoms with Gasteiger partial charge in [-0.05, 0) is 59.5 Å². The average molecular weight is 392 g/mol. The van der Waals surface area contributed by atoms with Gasteiger partial charge in [-0.3, -0.25) is 4.90 Å². The maximum absolute atomic E-state index is 12.2. The van der Waals surface area contributed by atoms with E-state index in [0.29, 0.717) is 24.7 Å². The molecule has 1 aliphatic rings. The van der Waals surface area contributed by atoms with Gasteiger partial charge in [0.15, 0.2) is 0 Å². The first-order chi connectivity index (χ1) is 12.6. The predicted molar refractivity (Wildman–Crippen MR) is 112 cm³/mol. The highest BCUT2D eigenvalue weighted by atomic mass is 35.5. The fourth-order valence-electron chi connectivity index (χ4n) is 2.87. The molecule has 0 unspecified atom stereocenters. The number of carbonyl (C=O) groups is 1. The molecule has 6 heteroatoms. The fraction of sp³-hybridized carbons (Fsp3) is 0.571. The summed E-state index contributed by atoms with van der Waals surface area (Å²) in [7, 11) is 3.99. The molecule has 1 saturated heterocycles. The third-order valence-electron chi connectivity index (χ3n) is 4.24. The lowest BCUT2D eigenvalue weighted by atomic mass is 10.1. The lowest BCUT2D eigenvalue weighted by Crippen LogP contribution is -2.50. The van der Waals surface area contributed by atoms with E-state index in [0.717, 1.165) is 29.9 Å². The van der Waals surface area contributed by atoms with Crippen molar-refractivity contribution in [3.05, 3.63) is 28.3 Å². The van der Waals surface area contributed by atoms with E-state index >= 15 is 0 Å². The van der Waals surface area contributed by atoms with E-state index in [1.807, 2.05) is 51.9 Å². The molecule has 148 valence electrons. The molecular weight excluding hydrogens is 362 g/mol. The Morgan fingerprint density at radius 3 is 2.41 bits per heavy atom. The summed E-state index contributed by atoms with van der Waals surface area (Å²) in [6.45, 7) is 11.2. The van der Waals surface area contributed by atoms with Crippen molar-refractivity contribution in [2.45, 2.75) is 33.3 Å². The SMILES string of the molecule is Cc1c(C#CCN(C)C)cc(Cl)cc1N1CCN(C(=O)OC(C)(C)C)CC1. The Morgan fingerprint density at radius 2 is 1.85 bits per heavy atom. The monoisotopic (exact) mass is 391 g/mol. The molecule has 1 fully saturated rings. The van der Waals surface area contributed by atoms with Crippen LogP contribution in [-0.2, 0) is 4.74 Å². The standard InChI is InChI=1S/C21H30ClN3O2/c1-16-17(8-7-9-23(5)6)14-18(22)15-19(16)24-10-12-25(13-11-24)20(26)27-21(2,3)4/h14-15H,9-13H2,1-6H3. The Hall–Kier alpha value is -1.90. The quantitative estimate of drug-likeness (QED) is 0.721. The summed E-state index contributed by atoms with van der Waals surface area (Å²) in [5.74, 6) is 6.40. The van der Waals surface area contributed by atoms with Crippen LogP contribution in [0, 0.1) is 18.8 Å². The molecule has 0 bridgehead atoms. The Kier molecular flexibility index (Phi) is 7.02. The molecule has 5 nitrogen and oxygen atoms in total. The molecule has 1 heterocycles. The van der Waals surface area contributed by atoms with E-state index < -0.39 is 5.60 Å². The number of hydrogen-bond donors (Lipinski definition) is 0.